The van der Waals surface area contributed by atoms with Crippen molar-refractivity contribution in [2.24, 2.45) is 0 Å². The molecule has 2 amide bonds. The van der Waals surface area contributed by atoms with Crippen LogP contribution in [-0.4, -0.2) is 30.9 Å². The highest BCUT2D eigenvalue weighted by Gasteiger charge is 2.22. The van der Waals surface area contributed by atoms with Gasteiger partial charge in [-0.2, -0.15) is 0 Å². The van der Waals surface area contributed by atoms with Gasteiger partial charge in [0.2, 0.25) is 5.91 Å². The summed E-state index contributed by atoms with van der Waals surface area (Å²) < 4.78 is 5.11. The maximum atomic E-state index is 12.3. The number of nitrogens with one attached hydrogen (secondary N) is 1. The quantitative estimate of drug-likeness (QED) is 0.753. The third kappa shape index (κ3) is 4.70. The summed E-state index contributed by atoms with van der Waals surface area (Å²) in [7, 11) is 0. The number of halogens is 1. The van der Waals surface area contributed by atoms with Crippen molar-refractivity contribution in [2.45, 2.75) is 25.8 Å². The molecule has 2 aromatic carbocycles. The number of carbonyl (C=O) groups excluding carboxylic acids is 3. The number of nitrogens with zero attached hydrogens (tertiary/aromatic N) is 1. The van der Waals surface area contributed by atoms with Crippen molar-refractivity contribution in [2.75, 3.05) is 18.1 Å². The second-order valence-corrected chi connectivity index (χ2v) is 6.99. The molecule has 0 saturated carbocycles. The fraction of sp³-hybridized carbons (Fsp3) is 0.286. The molecule has 1 heterocycles. The molecule has 2 aromatic rings. The van der Waals surface area contributed by atoms with Gasteiger partial charge >= 0.3 is 5.97 Å². The molecule has 1 saturated heterocycles. The number of carbonyl (C=O) groups is 3. The van der Waals surface area contributed by atoms with Gasteiger partial charge in [0.1, 0.15) is 0 Å². The Balaban J connectivity index is 1.56. The fourth-order valence-electron chi connectivity index (χ4n) is 3.12. The molecule has 1 atom stereocenters. The minimum absolute atomic E-state index is 0.0402. The number of benzene rings is 2. The van der Waals surface area contributed by atoms with Gasteiger partial charge in [-0.25, -0.2) is 4.79 Å². The molecule has 7 heteroatoms. The van der Waals surface area contributed by atoms with E-state index in [-0.39, 0.29) is 11.9 Å². The Bertz CT molecular complexity index is 899. The molecule has 1 N–H and O–H groups in total. The van der Waals surface area contributed by atoms with Gasteiger partial charge in [-0.05, 0) is 43.2 Å². The number of amides is 2. The van der Waals surface area contributed by atoms with E-state index in [9.17, 15) is 14.4 Å². The third-order valence-corrected chi connectivity index (χ3v) is 4.89. The molecule has 1 aliphatic rings. The summed E-state index contributed by atoms with van der Waals surface area (Å²) in [6.07, 6.45) is 1.32. The van der Waals surface area contributed by atoms with Crippen LogP contribution in [0, 0.1) is 0 Å². The van der Waals surface area contributed by atoms with Crippen LogP contribution in [0.5, 0.6) is 0 Å². The number of anilines is 1. The monoisotopic (exact) mass is 400 g/mol. The van der Waals surface area contributed by atoms with Gasteiger partial charge in [-0.1, -0.05) is 35.9 Å². The number of ether oxygens (including phenoxy) is 1. The molecule has 1 aliphatic heterocycles. The Morgan fingerprint density at radius 1 is 1.21 bits per heavy atom. The van der Waals surface area contributed by atoms with E-state index in [1.54, 1.807) is 42.2 Å². The van der Waals surface area contributed by atoms with E-state index in [1.165, 1.54) is 0 Å². The van der Waals surface area contributed by atoms with Crippen LogP contribution < -0.4 is 10.2 Å². The molecule has 0 spiro atoms. The minimum Gasteiger partial charge on any atom is -0.452 e. The standard InChI is InChI=1S/C21H21ClN2O4/c1-14(17-8-2-3-9-18(17)22)23-19(25)13-28-21(27)15-6-4-7-16(12-15)24-11-5-10-20(24)26/h2-4,6-9,12,14H,5,10-11,13H2,1H3,(H,23,25)/t14-/m1/s1. The average Bonchev–Trinajstić information content (AvgIpc) is 3.12. The Morgan fingerprint density at radius 2 is 2.00 bits per heavy atom. The molecular formula is C21H21ClN2O4. The number of hydrogen-bond donors (Lipinski definition) is 1. The average molecular weight is 401 g/mol. The highest BCUT2D eigenvalue weighted by Crippen LogP contribution is 2.23. The van der Waals surface area contributed by atoms with Gasteiger partial charge in [-0.15, -0.1) is 0 Å². The highest BCUT2D eigenvalue weighted by atomic mass is 35.5. The highest BCUT2D eigenvalue weighted by molar-refractivity contribution is 6.31. The van der Waals surface area contributed by atoms with Gasteiger partial charge in [0.05, 0.1) is 11.6 Å². The van der Waals surface area contributed by atoms with Gasteiger partial charge in [0.25, 0.3) is 5.91 Å². The summed E-state index contributed by atoms with van der Waals surface area (Å²) in [4.78, 5) is 37.9. The van der Waals surface area contributed by atoms with E-state index in [0.717, 1.165) is 12.0 Å². The van der Waals surface area contributed by atoms with Gasteiger partial charge < -0.3 is 15.0 Å². The zero-order valence-corrected chi connectivity index (χ0v) is 16.2. The Morgan fingerprint density at radius 3 is 2.71 bits per heavy atom. The maximum absolute atomic E-state index is 12.3. The molecule has 1 fully saturated rings. The number of hydrogen-bond acceptors (Lipinski definition) is 4. The molecule has 0 aromatic heterocycles. The van der Waals surface area contributed by atoms with Crippen molar-refractivity contribution in [1.29, 1.82) is 0 Å². The zero-order valence-electron chi connectivity index (χ0n) is 15.5. The largest absolute Gasteiger partial charge is 0.452 e. The van der Waals surface area contributed by atoms with Crippen LogP contribution in [0.2, 0.25) is 5.02 Å². The second-order valence-electron chi connectivity index (χ2n) is 6.59. The van der Waals surface area contributed by atoms with E-state index >= 15 is 0 Å². The van der Waals surface area contributed by atoms with E-state index in [1.807, 2.05) is 18.2 Å². The van der Waals surface area contributed by atoms with Gasteiger partial charge in [-0.3, -0.25) is 9.59 Å². The summed E-state index contributed by atoms with van der Waals surface area (Å²) in [5.74, 6) is -1.00. The zero-order chi connectivity index (χ0) is 20.1. The molecular weight excluding hydrogens is 380 g/mol. The predicted octanol–water partition coefficient (Wildman–Crippen LogP) is 3.50. The van der Waals surface area contributed by atoms with Crippen LogP contribution >= 0.6 is 11.6 Å². The van der Waals surface area contributed by atoms with E-state index in [4.69, 9.17) is 16.3 Å². The lowest BCUT2D eigenvalue weighted by Gasteiger charge is -2.17. The third-order valence-electron chi connectivity index (χ3n) is 4.55. The molecule has 0 unspecified atom stereocenters. The summed E-state index contributed by atoms with van der Waals surface area (Å²) in [6, 6.07) is 13.6. The molecule has 0 bridgehead atoms. The Kier molecular flexibility index (Phi) is 6.31. The number of rotatable bonds is 6. The molecule has 146 valence electrons. The smallest absolute Gasteiger partial charge is 0.338 e. The van der Waals surface area contributed by atoms with Crippen LogP contribution in [0.25, 0.3) is 0 Å². The Labute approximate surface area is 168 Å². The van der Waals surface area contributed by atoms with Crippen molar-refractivity contribution in [3.05, 3.63) is 64.7 Å². The summed E-state index contributed by atoms with van der Waals surface area (Å²) in [6.45, 7) is 2.04. The van der Waals surface area contributed by atoms with Crippen LogP contribution in [-0.2, 0) is 14.3 Å². The van der Waals surface area contributed by atoms with E-state index in [0.29, 0.717) is 29.2 Å². The molecule has 3 rings (SSSR count). The first-order chi connectivity index (χ1) is 13.5. The maximum Gasteiger partial charge on any atom is 0.338 e. The number of esters is 1. The fourth-order valence-corrected chi connectivity index (χ4v) is 3.42. The topological polar surface area (TPSA) is 75.7 Å². The van der Waals surface area contributed by atoms with E-state index in [2.05, 4.69) is 5.32 Å². The van der Waals surface area contributed by atoms with Crippen molar-refractivity contribution in [3.63, 3.8) is 0 Å². The molecule has 0 radical (unpaired) electrons. The SMILES string of the molecule is C[C@@H](NC(=O)COC(=O)c1cccc(N2CCCC2=O)c1)c1ccccc1Cl. The van der Waals surface area contributed by atoms with Crippen molar-refractivity contribution >= 4 is 35.1 Å². The van der Waals surface area contributed by atoms with Crippen molar-refractivity contribution in [1.82, 2.24) is 5.32 Å². The first-order valence-electron chi connectivity index (χ1n) is 9.07. The van der Waals surface area contributed by atoms with Crippen LogP contribution in [0.1, 0.15) is 41.7 Å². The van der Waals surface area contributed by atoms with Gasteiger partial charge in [0.15, 0.2) is 6.61 Å². The van der Waals surface area contributed by atoms with Gasteiger partial charge in [0, 0.05) is 23.7 Å². The predicted molar refractivity (Wildman–Crippen MR) is 106 cm³/mol. The van der Waals surface area contributed by atoms with Crippen LogP contribution in [0.3, 0.4) is 0 Å². The lowest BCUT2D eigenvalue weighted by Crippen LogP contribution is -2.31. The summed E-state index contributed by atoms with van der Waals surface area (Å²) in [5.41, 5.74) is 1.74. The normalized spacial score (nSPS) is 14.6. The second kappa shape index (κ2) is 8.89. The van der Waals surface area contributed by atoms with Crippen molar-refractivity contribution in [3.8, 4) is 0 Å². The van der Waals surface area contributed by atoms with Crippen LogP contribution in [0.4, 0.5) is 5.69 Å². The molecule has 28 heavy (non-hydrogen) atoms. The summed E-state index contributed by atoms with van der Waals surface area (Å²) >= 11 is 6.12. The Hall–Kier alpha value is -2.86. The lowest BCUT2D eigenvalue weighted by molar-refractivity contribution is -0.124. The minimum atomic E-state index is -0.617. The van der Waals surface area contributed by atoms with Crippen LogP contribution in [0.15, 0.2) is 48.5 Å². The van der Waals surface area contributed by atoms with E-state index < -0.39 is 18.5 Å². The first-order valence-corrected chi connectivity index (χ1v) is 9.45. The molecule has 0 aliphatic carbocycles. The first kappa shape index (κ1) is 19.9. The summed E-state index contributed by atoms with van der Waals surface area (Å²) in [5, 5.41) is 3.31. The molecule has 6 nitrogen and oxygen atoms in total. The lowest BCUT2D eigenvalue weighted by atomic mass is 10.1. The van der Waals surface area contributed by atoms with Crippen molar-refractivity contribution < 1.29 is 19.1 Å².